The van der Waals surface area contributed by atoms with Gasteiger partial charge in [-0.2, -0.15) is 0 Å². The fourth-order valence-electron chi connectivity index (χ4n) is 2.98. The molecule has 1 amide bonds. The predicted octanol–water partition coefficient (Wildman–Crippen LogP) is 5.20. The second-order valence-electron chi connectivity index (χ2n) is 6.83. The molecule has 2 aromatic carbocycles. The second kappa shape index (κ2) is 10.8. The highest BCUT2D eigenvalue weighted by atomic mass is 32.2. The highest BCUT2D eigenvalue weighted by Gasteiger charge is 2.17. The zero-order valence-corrected chi connectivity index (χ0v) is 19.1. The first kappa shape index (κ1) is 21.9. The Morgan fingerprint density at radius 3 is 2.75 bits per heavy atom. The first-order valence-corrected chi connectivity index (χ1v) is 11.7. The van der Waals surface area contributed by atoms with Crippen molar-refractivity contribution in [3.63, 3.8) is 0 Å². The van der Waals surface area contributed by atoms with Crippen molar-refractivity contribution in [2.24, 2.45) is 0 Å². The Labute approximate surface area is 194 Å². The van der Waals surface area contributed by atoms with Crippen LogP contribution in [-0.4, -0.2) is 33.9 Å². The summed E-state index contributed by atoms with van der Waals surface area (Å²) in [6.45, 7) is 0.930. The summed E-state index contributed by atoms with van der Waals surface area (Å²) in [5.41, 5.74) is 1.93. The molecule has 0 aliphatic heterocycles. The van der Waals surface area contributed by atoms with Gasteiger partial charge in [0, 0.05) is 18.3 Å². The molecule has 2 aromatic heterocycles. The highest BCUT2D eigenvalue weighted by Crippen LogP contribution is 2.29. The van der Waals surface area contributed by atoms with Crippen molar-refractivity contribution in [3.8, 4) is 5.75 Å². The molecule has 0 saturated heterocycles. The van der Waals surface area contributed by atoms with Gasteiger partial charge in [0.25, 0.3) is 0 Å². The molecule has 0 saturated carbocycles. The number of anilines is 2. The van der Waals surface area contributed by atoms with Crippen LogP contribution in [0, 0.1) is 0 Å². The zero-order chi connectivity index (χ0) is 22.2. The number of hydrogen-bond acceptors (Lipinski definition) is 8. The number of thioether (sulfide) groups is 1. The van der Waals surface area contributed by atoms with Crippen molar-refractivity contribution in [2.45, 2.75) is 17.4 Å². The molecule has 32 heavy (non-hydrogen) atoms. The first-order chi connectivity index (χ1) is 15.7. The molecule has 4 rings (SSSR count). The molecule has 0 spiro atoms. The van der Waals surface area contributed by atoms with E-state index in [-0.39, 0.29) is 11.7 Å². The molecule has 0 fully saturated rings. The minimum absolute atomic E-state index is 0.00718. The summed E-state index contributed by atoms with van der Waals surface area (Å²) in [7, 11) is 1.63. The number of nitrogens with one attached hydrogen (secondary N) is 1. The smallest absolute Gasteiger partial charge is 0.233 e. The van der Waals surface area contributed by atoms with Crippen LogP contribution < -0.4 is 10.1 Å². The van der Waals surface area contributed by atoms with E-state index in [0.29, 0.717) is 18.2 Å². The van der Waals surface area contributed by atoms with Crippen molar-refractivity contribution in [2.75, 3.05) is 18.2 Å². The van der Waals surface area contributed by atoms with Gasteiger partial charge in [0.15, 0.2) is 4.34 Å². The Kier molecular flexibility index (Phi) is 7.42. The van der Waals surface area contributed by atoms with Crippen LogP contribution in [0.15, 0.2) is 81.8 Å². The fraction of sp³-hybridized carbons (Fsp3) is 0.174. The lowest BCUT2D eigenvalue weighted by atomic mass is 10.2. The second-order valence-corrected chi connectivity index (χ2v) is 9.03. The van der Waals surface area contributed by atoms with Gasteiger partial charge >= 0.3 is 0 Å². The van der Waals surface area contributed by atoms with Gasteiger partial charge < -0.3 is 19.4 Å². The molecular weight excluding hydrogens is 444 g/mol. The van der Waals surface area contributed by atoms with Gasteiger partial charge in [0.2, 0.25) is 11.0 Å². The van der Waals surface area contributed by atoms with E-state index in [1.807, 2.05) is 66.7 Å². The molecule has 164 valence electrons. The minimum atomic E-state index is 0.00718. The van der Waals surface area contributed by atoms with Gasteiger partial charge in [-0.1, -0.05) is 59.5 Å². The molecule has 0 bridgehead atoms. The van der Waals surface area contributed by atoms with E-state index in [1.165, 1.54) is 23.1 Å². The van der Waals surface area contributed by atoms with Gasteiger partial charge in [-0.25, -0.2) is 0 Å². The van der Waals surface area contributed by atoms with Crippen LogP contribution in [0.4, 0.5) is 10.8 Å². The molecule has 0 unspecified atom stereocenters. The Bertz CT molecular complexity index is 1130. The molecule has 9 heteroatoms. The number of benzene rings is 2. The number of amides is 1. The molecule has 4 aromatic rings. The summed E-state index contributed by atoms with van der Waals surface area (Å²) in [6.07, 6.45) is 1.62. The van der Waals surface area contributed by atoms with Crippen molar-refractivity contribution >= 4 is 39.8 Å². The van der Waals surface area contributed by atoms with Crippen molar-refractivity contribution in [3.05, 3.63) is 84.3 Å². The molecular formula is C23H22N4O3S2. The standard InChI is InChI=1S/C23H22N4O3S2/c1-29-19-10-5-9-18(13-19)24-22-25-26-23(32-22)31-16-21(28)27(15-20-11-6-12-30-20)14-17-7-3-2-4-8-17/h2-13H,14-16H2,1H3,(H,24,25). The third kappa shape index (κ3) is 6.12. The molecule has 2 heterocycles. The van der Waals surface area contributed by atoms with E-state index in [2.05, 4.69) is 15.5 Å². The van der Waals surface area contributed by atoms with Crippen LogP contribution in [-0.2, 0) is 17.9 Å². The number of ether oxygens (including phenoxy) is 1. The quantitative estimate of drug-likeness (QED) is 0.322. The van der Waals surface area contributed by atoms with Crippen LogP contribution in [0.3, 0.4) is 0 Å². The van der Waals surface area contributed by atoms with Gasteiger partial charge in [-0.05, 0) is 29.8 Å². The molecule has 7 nitrogen and oxygen atoms in total. The van der Waals surface area contributed by atoms with E-state index in [0.717, 1.165) is 27.1 Å². The van der Waals surface area contributed by atoms with Gasteiger partial charge in [0.1, 0.15) is 11.5 Å². The zero-order valence-electron chi connectivity index (χ0n) is 17.4. The fourth-order valence-corrected chi connectivity index (χ4v) is 4.66. The predicted molar refractivity (Wildman–Crippen MR) is 126 cm³/mol. The largest absolute Gasteiger partial charge is 0.497 e. The monoisotopic (exact) mass is 466 g/mol. The number of hydrogen-bond donors (Lipinski definition) is 1. The van der Waals surface area contributed by atoms with Crippen LogP contribution in [0.25, 0.3) is 0 Å². The maximum Gasteiger partial charge on any atom is 0.233 e. The normalized spacial score (nSPS) is 10.7. The summed E-state index contributed by atoms with van der Waals surface area (Å²) >= 11 is 2.78. The molecule has 0 atom stereocenters. The number of carbonyl (C=O) groups excluding carboxylic acids is 1. The molecule has 0 aliphatic carbocycles. The van der Waals surface area contributed by atoms with E-state index in [4.69, 9.17) is 9.15 Å². The number of methoxy groups -OCH3 is 1. The Hall–Kier alpha value is -3.30. The lowest BCUT2D eigenvalue weighted by Gasteiger charge is -2.21. The van der Waals surface area contributed by atoms with E-state index in [1.54, 1.807) is 18.3 Å². The number of carbonyl (C=O) groups is 1. The molecule has 0 radical (unpaired) electrons. The summed E-state index contributed by atoms with van der Waals surface area (Å²) in [5, 5.41) is 12.2. The van der Waals surface area contributed by atoms with Crippen LogP contribution in [0.1, 0.15) is 11.3 Å². The third-order valence-corrected chi connectivity index (χ3v) is 6.50. The summed E-state index contributed by atoms with van der Waals surface area (Å²) in [6, 6.07) is 21.2. The Balaban J connectivity index is 1.37. The summed E-state index contributed by atoms with van der Waals surface area (Å²) < 4.78 is 11.4. The number of aromatic nitrogens is 2. The van der Waals surface area contributed by atoms with Gasteiger partial charge in [-0.15, -0.1) is 10.2 Å². The number of nitrogens with zero attached hydrogens (tertiary/aromatic N) is 3. The SMILES string of the molecule is COc1cccc(Nc2nnc(SCC(=O)N(Cc3ccccc3)Cc3ccco3)s2)c1. The Morgan fingerprint density at radius 1 is 1.09 bits per heavy atom. The van der Waals surface area contributed by atoms with Gasteiger partial charge in [0.05, 0.1) is 25.7 Å². The maximum absolute atomic E-state index is 13.0. The molecule has 0 aliphatic rings. The van der Waals surface area contributed by atoms with Gasteiger partial charge in [-0.3, -0.25) is 4.79 Å². The van der Waals surface area contributed by atoms with Crippen LogP contribution in [0.5, 0.6) is 5.75 Å². The first-order valence-electron chi connectivity index (χ1n) is 9.91. The van der Waals surface area contributed by atoms with Crippen LogP contribution >= 0.6 is 23.1 Å². The van der Waals surface area contributed by atoms with E-state index in [9.17, 15) is 4.79 Å². The number of rotatable bonds is 10. The average Bonchev–Trinajstić information content (AvgIpc) is 3.50. The Morgan fingerprint density at radius 2 is 1.97 bits per heavy atom. The van der Waals surface area contributed by atoms with Crippen molar-refractivity contribution < 1.29 is 13.9 Å². The summed E-state index contributed by atoms with van der Waals surface area (Å²) in [5.74, 6) is 1.78. The molecule has 1 N–H and O–H groups in total. The van der Waals surface area contributed by atoms with Crippen molar-refractivity contribution in [1.29, 1.82) is 0 Å². The van der Waals surface area contributed by atoms with E-state index < -0.39 is 0 Å². The minimum Gasteiger partial charge on any atom is -0.497 e. The number of furan rings is 1. The summed E-state index contributed by atoms with van der Waals surface area (Å²) in [4.78, 5) is 14.8. The van der Waals surface area contributed by atoms with Crippen LogP contribution in [0.2, 0.25) is 0 Å². The van der Waals surface area contributed by atoms with Crippen molar-refractivity contribution in [1.82, 2.24) is 15.1 Å². The average molecular weight is 467 g/mol. The lowest BCUT2D eigenvalue weighted by Crippen LogP contribution is -2.31. The topological polar surface area (TPSA) is 80.5 Å². The van der Waals surface area contributed by atoms with E-state index >= 15 is 0 Å². The highest BCUT2D eigenvalue weighted by molar-refractivity contribution is 8.01. The maximum atomic E-state index is 13.0. The lowest BCUT2D eigenvalue weighted by molar-refractivity contribution is -0.129. The third-order valence-electron chi connectivity index (χ3n) is 4.54.